The second-order valence-electron chi connectivity index (χ2n) is 9.58. The van der Waals surface area contributed by atoms with E-state index in [9.17, 15) is 27.6 Å². The number of amides is 4. The van der Waals surface area contributed by atoms with E-state index in [1.165, 1.54) is 36.5 Å². The number of rotatable bonds is 9. The molecule has 0 atom stereocenters. The fourth-order valence-corrected chi connectivity index (χ4v) is 4.23. The van der Waals surface area contributed by atoms with E-state index >= 15 is 0 Å². The Labute approximate surface area is 235 Å². The molecule has 1 fully saturated rings. The first-order valence-corrected chi connectivity index (χ1v) is 13.0. The molecule has 10 nitrogen and oxygen atoms in total. The number of hydrogen-bond donors (Lipinski definition) is 3. The third-order valence-corrected chi connectivity index (χ3v) is 6.57. The second-order valence-corrected chi connectivity index (χ2v) is 9.58. The smallest absolute Gasteiger partial charge is 0.370 e. The molecule has 41 heavy (non-hydrogen) atoms. The van der Waals surface area contributed by atoms with Gasteiger partial charge in [-0.15, -0.1) is 0 Å². The number of aryl methyl sites for hydroxylation is 1. The number of benzene rings is 2. The third-order valence-electron chi connectivity index (χ3n) is 6.57. The predicted octanol–water partition coefficient (Wildman–Crippen LogP) is 5.15. The van der Waals surface area contributed by atoms with Crippen LogP contribution in [0.25, 0.3) is 0 Å². The monoisotopic (exact) mass is 569 g/mol. The van der Waals surface area contributed by atoms with Gasteiger partial charge in [0.25, 0.3) is 5.91 Å². The lowest BCUT2D eigenvalue weighted by Crippen LogP contribution is -2.32. The van der Waals surface area contributed by atoms with E-state index in [1.807, 2.05) is 4.90 Å². The first-order chi connectivity index (χ1) is 19.5. The van der Waals surface area contributed by atoms with Crippen LogP contribution >= 0.6 is 0 Å². The summed E-state index contributed by atoms with van der Waals surface area (Å²) in [5, 5.41) is 8.51. The summed E-state index contributed by atoms with van der Waals surface area (Å²) in [7, 11) is 1.54. The maximum Gasteiger partial charge on any atom is 0.416 e. The molecule has 13 heteroatoms. The molecule has 2 heterocycles. The lowest BCUT2D eigenvalue weighted by molar-refractivity contribution is -0.137. The van der Waals surface area contributed by atoms with Crippen molar-refractivity contribution in [3.8, 4) is 0 Å². The van der Waals surface area contributed by atoms with Crippen LogP contribution in [0.5, 0.6) is 0 Å². The van der Waals surface area contributed by atoms with Crippen LogP contribution < -0.4 is 20.9 Å². The van der Waals surface area contributed by atoms with Gasteiger partial charge in [-0.2, -0.15) is 13.2 Å². The van der Waals surface area contributed by atoms with Crippen LogP contribution in [-0.2, 0) is 11.0 Å². The number of hydrogen-bond acceptors (Lipinski definition) is 6. The van der Waals surface area contributed by atoms with Gasteiger partial charge in [-0.05, 0) is 55.7 Å². The highest BCUT2D eigenvalue weighted by atomic mass is 19.4. The lowest BCUT2D eigenvalue weighted by Gasteiger charge is -2.19. The zero-order chi connectivity index (χ0) is 29.6. The normalized spacial score (nSPS) is 13.2. The van der Waals surface area contributed by atoms with Crippen LogP contribution in [-0.4, -0.2) is 59.4 Å². The first kappa shape index (κ1) is 29.3. The van der Waals surface area contributed by atoms with E-state index in [-0.39, 0.29) is 11.5 Å². The third kappa shape index (κ3) is 7.71. The zero-order valence-corrected chi connectivity index (χ0v) is 22.6. The van der Waals surface area contributed by atoms with Crippen molar-refractivity contribution in [2.45, 2.75) is 32.4 Å². The Kier molecular flexibility index (Phi) is 9.05. The standard InChI is InChI=1S/C28H30F3N7O3/c1-18-9-10-21(35-26(40)19-6-3-7-20(14-19)28(29,30)31)15-22(18)36-27(41)37(2)24-16-23(33-17-34-24)32-11-5-13-38-12-4-8-25(38)39/h3,6-7,9-10,14-17H,4-5,8,11-13H2,1-2H3,(H,35,40)(H,36,41)(H,32,33,34). The molecule has 0 radical (unpaired) electrons. The Morgan fingerprint density at radius 2 is 1.88 bits per heavy atom. The van der Waals surface area contributed by atoms with Gasteiger partial charge < -0.3 is 20.9 Å². The first-order valence-electron chi connectivity index (χ1n) is 13.0. The Hall–Kier alpha value is -4.68. The van der Waals surface area contributed by atoms with Gasteiger partial charge in [-0.1, -0.05) is 12.1 Å². The van der Waals surface area contributed by atoms with Crippen molar-refractivity contribution in [2.75, 3.05) is 47.5 Å². The van der Waals surface area contributed by atoms with Gasteiger partial charge in [-0.25, -0.2) is 14.8 Å². The maximum absolute atomic E-state index is 13.0. The molecule has 1 aliphatic rings. The minimum absolute atomic E-state index is 0.150. The van der Waals surface area contributed by atoms with Crippen LogP contribution in [0.2, 0.25) is 0 Å². The van der Waals surface area contributed by atoms with Crippen LogP contribution in [0.1, 0.15) is 40.7 Å². The molecule has 3 aromatic rings. The molecule has 1 saturated heterocycles. The molecule has 0 saturated carbocycles. The van der Waals surface area contributed by atoms with E-state index < -0.39 is 23.7 Å². The van der Waals surface area contributed by atoms with Crippen LogP contribution in [0.4, 0.5) is 41.0 Å². The van der Waals surface area contributed by atoms with Gasteiger partial charge in [0, 0.05) is 56.1 Å². The molecular formula is C28H30F3N7O3. The van der Waals surface area contributed by atoms with Crippen LogP contribution in [0.15, 0.2) is 54.9 Å². The van der Waals surface area contributed by atoms with E-state index in [4.69, 9.17) is 0 Å². The topological polar surface area (TPSA) is 120 Å². The molecule has 1 aromatic heterocycles. The number of carbonyl (C=O) groups excluding carboxylic acids is 3. The Balaban J connectivity index is 1.35. The summed E-state index contributed by atoms with van der Waals surface area (Å²) in [6.45, 7) is 3.82. The molecule has 216 valence electrons. The van der Waals surface area contributed by atoms with Crippen molar-refractivity contribution >= 4 is 40.9 Å². The van der Waals surface area contributed by atoms with Gasteiger partial charge in [0.1, 0.15) is 18.0 Å². The summed E-state index contributed by atoms with van der Waals surface area (Å²) < 4.78 is 39.1. The van der Waals surface area contributed by atoms with E-state index in [0.29, 0.717) is 48.1 Å². The minimum Gasteiger partial charge on any atom is -0.370 e. The van der Waals surface area contributed by atoms with Gasteiger partial charge in [0.2, 0.25) is 5.91 Å². The number of carbonyl (C=O) groups is 3. The summed E-state index contributed by atoms with van der Waals surface area (Å²) in [5.74, 6) is 0.322. The molecule has 0 bridgehead atoms. The molecule has 4 rings (SSSR count). The van der Waals surface area contributed by atoms with E-state index in [2.05, 4.69) is 25.9 Å². The molecule has 0 aliphatic carbocycles. The quantitative estimate of drug-likeness (QED) is 0.307. The highest BCUT2D eigenvalue weighted by Crippen LogP contribution is 2.30. The summed E-state index contributed by atoms with van der Waals surface area (Å²) in [5.41, 5.74) is 0.313. The Bertz CT molecular complexity index is 1430. The van der Waals surface area contributed by atoms with Gasteiger partial charge in [-0.3, -0.25) is 14.5 Å². The number of halogens is 3. The molecular weight excluding hydrogens is 539 g/mol. The van der Waals surface area contributed by atoms with Crippen LogP contribution in [0.3, 0.4) is 0 Å². The molecule has 4 amide bonds. The van der Waals surface area contributed by atoms with Gasteiger partial charge in [0.05, 0.1) is 5.56 Å². The number of aromatic nitrogens is 2. The fraction of sp³-hybridized carbons (Fsp3) is 0.321. The predicted molar refractivity (Wildman–Crippen MR) is 149 cm³/mol. The fourth-order valence-electron chi connectivity index (χ4n) is 4.23. The average molecular weight is 570 g/mol. The Morgan fingerprint density at radius 1 is 1.07 bits per heavy atom. The van der Waals surface area contributed by atoms with Crippen molar-refractivity contribution < 1.29 is 27.6 Å². The Morgan fingerprint density at radius 3 is 2.61 bits per heavy atom. The SMILES string of the molecule is Cc1ccc(NC(=O)c2cccc(C(F)(F)F)c2)cc1NC(=O)N(C)c1cc(NCCCN2CCCC2=O)ncn1. The second kappa shape index (κ2) is 12.7. The molecule has 0 spiro atoms. The van der Waals surface area contributed by atoms with Crippen LogP contribution in [0, 0.1) is 6.92 Å². The van der Waals surface area contributed by atoms with Crippen molar-refractivity contribution in [3.63, 3.8) is 0 Å². The molecule has 0 unspecified atom stereocenters. The number of nitrogens with one attached hydrogen (secondary N) is 3. The van der Waals surface area contributed by atoms with Crippen molar-refractivity contribution in [1.82, 2.24) is 14.9 Å². The lowest BCUT2D eigenvalue weighted by atomic mass is 10.1. The number of anilines is 4. The van der Waals surface area contributed by atoms with Crippen molar-refractivity contribution in [2.24, 2.45) is 0 Å². The summed E-state index contributed by atoms with van der Waals surface area (Å²) in [6.07, 6.45) is -0.982. The summed E-state index contributed by atoms with van der Waals surface area (Å²) in [4.78, 5) is 48.8. The summed E-state index contributed by atoms with van der Waals surface area (Å²) in [6, 6.07) is 10.0. The largest absolute Gasteiger partial charge is 0.416 e. The van der Waals surface area contributed by atoms with E-state index in [1.54, 1.807) is 25.1 Å². The van der Waals surface area contributed by atoms with Gasteiger partial charge in [0.15, 0.2) is 0 Å². The summed E-state index contributed by atoms with van der Waals surface area (Å²) >= 11 is 0. The average Bonchev–Trinajstić information content (AvgIpc) is 3.36. The van der Waals surface area contributed by atoms with Crippen molar-refractivity contribution in [3.05, 3.63) is 71.5 Å². The molecule has 1 aliphatic heterocycles. The zero-order valence-electron chi connectivity index (χ0n) is 22.6. The molecule has 2 aromatic carbocycles. The van der Waals surface area contributed by atoms with Crippen molar-refractivity contribution in [1.29, 1.82) is 0 Å². The maximum atomic E-state index is 13.0. The highest BCUT2D eigenvalue weighted by molar-refractivity contribution is 6.05. The highest BCUT2D eigenvalue weighted by Gasteiger charge is 2.31. The number of nitrogens with zero attached hydrogens (tertiary/aromatic N) is 4. The number of alkyl halides is 3. The minimum atomic E-state index is -4.57. The number of likely N-dealkylation sites (tertiary alicyclic amines) is 1. The molecule has 3 N–H and O–H groups in total. The number of urea groups is 1. The van der Waals surface area contributed by atoms with E-state index in [0.717, 1.165) is 31.5 Å². The van der Waals surface area contributed by atoms with Gasteiger partial charge >= 0.3 is 12.2 Å².